The highest BCUT2D eigenvalue weighted by molar-refractivity contribution is 5.39. The molecule has 5 saturated carbocycles. The molecular weight excluding hydrogens is 144 g/mol. The van der Waals surface area contributed by atoms with Crippen molar-refractivity contribution in [2.75, 3.05) is 0 Å². The molecule has 0 aromatic rings. The molecule has 0 amide bonds. The van der Waals surface area contributed by atoms with Gasteiger partial charge in [0.2, 0.25) is 0 Å². The number of fused-ring (bicyclic) bond motifs is 2. The Hall–Kier alpha value is 0. The zero-order valence-corrected chi connectivity index (χ0v) is 7.60. The molecule has 2 bridgehead atoms. The summed E-state index contributed by atoms with van der Waals surface area (Å²) in [5.41, 5.74) is 2.94. The number of rotatable bonds is 0. The SMILES string of the molecule is C1CC23CC1C1CC14CC[C@]24C3. The summed E-state index contributed by atoms with van der Waals surface area (Å²) in [5.74, 6) is 2.45. The highest BCUT2D eigenvalue weighted by atomic mass is 14.9. The summed E-state index contributed by atoms with van der Waals surface area (Å²) in [5, 5.41) is 0. The average molecular weight is 160 g/mol. The molecule has 0 heteroatoms. The molecule has 0 aromatic carbocycles. The van der Waals surface area contributed by atoms with E-state index in [2.05, 4.69) is 0 Å². The summed E-state index contributed by atoms with van der Waals surface area (Å²) >= 11 is 0. The lowest BCUT2D eigenvalue weighted by atomic mass is 9.58. The average Bonchev–Trinajstić information content (AvgIpc) is 2.85. The zero-order valence-electron chi connectivity index (χ0n) is 7.60. The first-order chi connectivity index (χ1) is 5.82. The maximum absolute atomic E-state index is 1.67. The van der Waals surface area contributed by atoms with Crippen LogP contribution in [0.4, 0.5) is 0 Å². The normalized spacial score (nSPS) is 80.0. The molecule has 5 aliphatic rings. The summed E-state index contributed by atoms with van der Waals surface area (Å²) in [7, 11) is 0. The first-order valence-corrected chi connectivity index (χ1v) is 5.82. The topological polar surface area (TPSA) is 0 Å². The van der Waals surface area contributed by atoms with Crippen LogP contribution in [0.1, 0.15) is 44.9 Å². The van der Waals surface area contributed by atoms with E-state index in [4.69, 9.17) is 0 Å². The van der Waals surface area contributed by atoms with Gasteiger partial charge in [0.25, 0.3) is 0 Å². The summed E-state index contributed by atoms with van der Waals surface area (Å²) in [6.45, 7) is 0. The lowest BCUT2D eigenvalue weighted by molar-refractivity contribution is 0.0238. The van der Waals surface area contributed by atoms with E-state index in [9.17, 15) is 0 Å². The highest BCUT2D eigenvalue weighted by Crippen LogP contribution is 2.98. The van der Waals surface area contributed by atoms with Crippen molar-refractivity contribution in [2.24, 2.45) is 28.1 Å². The van der Waals surface area contributed by atoms with Crippen LogP contribution in [0.25, 0.3) is 0 Å². The fraction of sp³-hybridized carbons (Fsp3) is 1.00. The standard InChI is InChI=1S/C12H16/c1-2-10-5-8(1)9-6-11(9)3-4-12(10,11)7-10/h8-9H,1-7H2/t8?,9?,10?,11?,12-/m0/s1. The Morgan fingerprint density at radius 1 is 1.00 bits per heavy atom. The van der Waals surface area contributed by atoms with E-state index in [-0.39, 0.29) is 0 Å². The van der Waals surface area contributed by atoms with Crippen LogP contribution in [0.2, 0.25) is 0 Å². The predicted molar refractivity (Wildman–Crippen MR) is 46.6 cm³/mol. The van der Waals surface area contributed by atoms with Gasteiger partial charge in [-0.05, 0) is 73.0 Å². The van der Waals surface area contributed by atoms with Crippen molar-refractivity contribution >= 4 is 0 Å². The molecule has 0 saturated heterocycles. The molecule has 4 unspecified atom stereocenters. The van der Waals surface area contributed by atoms with E-state index < -0.39 is 0 Å². The van der Waals surface area contributed by atoms with Crippen LogP contribution >= 0.6 is 0 Å². The molecule has 5 rings (SSSR count). The molecular formula is C12H16. The van der Waals surface area contributed by atoms with Crippen LogP contribution in [-0.2, 0) is 0 Å². The van der Waals surface area contributed by atoms with E-state index in [1.807, 2.05) is 0 Å². The van der Waals surface area contributed by atoms with Gasteiger partial charge < -0.3 is 0 Å². The Kier molecular flexibility index (Phi) is 0.541. The van der Waals surface area contributed by atoms with Crippen LogP contribution in [0, 0.1) is 28.1 Å². The van der Waals surface area contributed by atoms with Crippen molar-refractivity contribution in [1.82, 2.24) is 0 Å². The minimum absolute atomic E-state index is 0.961. The second-order valence-corrected chi connectivity index (χ2v) is 6.51. The van der Waals surface area contributed by atoms with Gasteiger partial charge in [-0.2, -0.15) is 0 Å². The van der Waals surface area contributed by atoms with Gasteiger partial charge in [0.05, 0.1) is 0 Å². The van der Waals surface area contributed by atoms with Crippen molar-refractivity contribution in [1.29, 1.82) is 0 Å². The quantitative estimate of drug-likeness (QED) is 0.511. The van der Waals surface area contributed by atoms with Crippen LogP contribution in [0.5, 0.6) is 0 Å². The van der Waals surface area contributed by atoms with Crippen LogP contribution < -0.4 is 0 Å². The monoisotopic (exact) mass is 160 g/mol. The van der Waals surface area contributed by atoms with Gasteiger partial charge in [0, 0.05) is 0 Å². The van der Waals surface area contributed by atoms with Gasteiger partial charge in [-0.3, -0.25) is 0 Å². The van der Waals surface area contributed by atoms with Crippen molar-refractivity contribution in [2.45, 2.75) is 44.9 Å². The maximum atomic E-state index is 1.67. The molecule has 5 fully saturated rings. The van der Waals surface area contributed by atoms with E-state index in [0.717, 1.165) is 16.2 Å². The van der Waals surface area contributed by atoms with Crippen LogP contribution in [0.3, 0.4) is 0 Å². The third-order valence-electron chi connectivity index (χ3n) is 6.83. The Balaban J connectivity index is 1.80. The van der Waals surface area contributed by atoms with E-state index in [1.165, 1.54) is 11.8 Å². The van der Waals surface area contributed by atoms with E-state index >= 15 is 0 Å². The Morgan fingerprint density at radius 3 is 2.83 bits per heavy atom. The highest BCUT2D eigenvalue weighted by Gasteiger charge is 2.90. The second-order valence-electron chi connectivity index (χ2n) is 6.51. The molecule has 3 spiro atoms. The van der Waals surface area contributed by atoms with Gasteiger partial charge in [-0.15, -0.1) is 0 Å². The molecule has 5 aliphatic carbocycles. The third kappa shape index (κ3) is 0.288. The van der Waals surface area contributed by atoms with Gasteiger partial charge in [0.1, 0.15) is 0 Å². The molecule has 0 aliphatic heterocycles. The van der Waals surface area contributed by atoms with Crippen molar-refractivity contribution < 1.29 is 0 Å². The van der Waals surface area contributed by atoms with Gasteiger partial charge >= 0.3 is 0 Å². The minimum atomic E-state index is 0.961. The van der Waals surface area contributed by atoms with Crippen molar-refractivity contribution in [3.05, 3.63) is 0 Å². The Labute approximate surface area is 73.7 Å². The van der Waals surface area contributed by atoms with Crippen LogP contribution in [0.15, 0.2) is 0 Å². The first kappa shape index (κ1) is 5.67. The van der Waals surface area contributed by atoms with Gasteiger partial charge in [0.15, 0.2) is 0 Å². The zero-order chi connectivity index (χ0) is 7.60. The fourth-order valence-electron chi connectivity index (χ4n) is 6.23. The molecule has 0 nitrogen and oxygen atoms in total. The number of hydrogen-bond donors (Lipinski definition) is 0. The largest absolute Gasteiger partial charge is 0.0496 e. The fourth-order valence-corrected chi connectivity index (χ4v) is 6.23. The third-order valence-corrected chi connectivity index (χ3v) is 6.83. The molecule has 64 valence electrons. The van der Waals surface area contributed by atoms with Gasteiger partial charge in [-0.1, -0.05) is 0 Å². The van der Waals surface area contributed by atoms with Crippen molar-refractivity contribution in [3.8, 4) is 0 Å². The molecule has 0 N–H and O–H groups in total. The van der Waals surface area contributed by atoms with Crippen LogP contribution in [-0.4, -0.2) is 0 Å². The van der Waals surface area contributed by atoms with E-state index in [0.29, 0.717) is 0 Å². The first-order valence-electron chi connectivity index (χ1n) is 5.82. The maximum Gasteiger partial charge on any atom is -0.0176 e. The predicted octanol–water partition coefficient (Wildman–Crippen LogP) is 2.98. The molecule has 0 radical (unpaired) electrons. The smallest absolute Gasteiger partial charge is 0.0176 e. The number of hydrogen-bond acceptors (Lipinski definition) is 0. The van der Waals surface area contributed by atoms with E-state index in [1.54, 1.807) is 44.9 Å². The Morgan fingerprint density at radius 2 is 2.00 bits per heavy atom. The Bertz CT molecular complexity index is 303. The summed E-state index contributed by atoms with van der Waals surface area (Å²) in [6.07, 6.45) is 11.5. The summed E-state index contributed by atoms with van der Waals surface area (Å²) in [4.78, 5) is 0. The molecule has 5 atom stereocenters. The molecule has 0 aromatic heterocycles. The van der Waals surface area contributed by atoms with Crippen molar-refractivity contribution in [3.63, 3.8) is 0 Å². The van der Waals surface area contributed by atoms with Gasteiger partial charge in [-0.25, -0.2) is 0 Å². The minimum Gasteiger partial charge on any atom is -0.0496 e. The summed E-state index contributed by atoms with van der Waals surface area (Å²) < 4.78 is 0. The molecule has 12 heavy (non-hydrogen) atoms. The lowest BCUT2D eigenvalue weighted by Gasteiger charge is -2.46. The second kappa shape index (κ2) is 1.14. The lowest BCUT2D eigenvalue weighted by Crippen LogP contribution is -2.39. The summed E-state index contributed by atoms with van der Waals surface area (Å²) in [6, 6.07) is 0. The molecule has 0 heterocycles.